The molecule has 1 heterocycles. The summed E-state index contributed by atoms with van der Waals surface area (Å²) in [7, 11) is 0. The Labute approximate surface area is 128 Å². The van der Waals surface area contributed by atoms with E-state index in [-0.39, 0.29) is 17.8 Å². The lowest BCUT2D eigenvalue weighted by atomic mass is 9.84. The van der Waals surface area contributed by atoms with E-state index >= 15 is 0 Å². The van der Waals surface area contributed by atoms with Gasteiger partial charge in [0.15, 0.2) is 5.78 Å². The third kappa shape index (κ3) is 5.13. The first-order chi connectivity index (χ1) is 10.2. The van der Waals surface area contributed by atoms with Crippen molar-refractivity contribution in [2.45, 2.75) is 38.2 Å². The van der Waals surface area contributed by atoms with Gasteiger partial charge < -0.3 is 15.2 Å². The van der Waals surface area contributed by atoms with Crippen LogP contribution in [0.15, 0.2) is 16.8 Å². The Morgan fingerprint density at radius 2 is 2.19 bits per heavy atom. The third-order valence-corrected chi connectivity index (χ3v) is 4.60. The monoisotopic (exact) mass is 311 g/mol. The predicted molar refractivity (Wildman–Crippen MR) is 81.0 cm³/mol. The zero-order valence-electron chi connectivity index (χ0n) is 11.9. The van der Waals surface area contributed by atoms with Crippen LogP contribution < -0.4 is 5.32 Å². The standard InChI is InChI=1S/C15H21NO4S/c17-13(12-6-8-21-10-12)9-16-7-5-11-3-1-2-4-14(11)20-15(18)19/h6,8,10-11,14,16H,1-5,7,9H2,(H,18,19). The SMILES string of the molecule is O=C(O)OC1CCCCC1CCNCC(=O)c1ccsc1. The maximum Gasteiger partial charge on any atom is 0.506 e. The van der Waals surface area contributed by atoms with Crippen molar-refractivity contribution in [3.8, 4) is 0 Å². The van der Waals surface area contributed by atoms with Gasteiger partial charge in [-0.1, -0.05) is 6.42 Å². The van der Waals surface area contributed by atoms with E-state index in [1.54, 1.807) is 0 Å². The number of hydrogen-bond acceptors (Lipinski definition) is 5. The number of rotatable bonds is 7. The summed E-state index contributed by atoms with van der Waals surface area (Å²) in [5.74, 6) is 0.358. The number of carbonyl (C=O) groups is 2. The Morgan fingerprint density at radius 1 is 1.38 bits per heavy atom. The number of carbonyl (C=O) groups excluding carboxylic acids is 1. The molecule has 5 nitrogen and oxygen atoms in total. The lowest BCUT2D eigenvalue weighted by Gasteiger charge is -2.30. The summed E-state index contributed by atoms with van der Waals surface area (Å²) in [5.41, 5.74) is 0.747. The van der Waals surface area contributed by atoms with Gasteiger partial charge in [0.2, 0.25) is 0 Å². The predicted octanol–water partition coefficient (Wildman–Crippen LogP) is 3.16. The molecule has 2 unspecified atom stereocenters. The van der Waals surface area contributed by atoms with Crippen molar-refractivity contribution >= 4 is 23.3 Å². The van der Waals surface area contributed by atoms with Gasteiger partial charge >= 0.3 is 6.16 Å². The van der Waals surface area contributed by atoms with Crippen LogP contribution in [0.1, 0.15) is 42.5 Å². The number of ketones is 1. The smallest absolute Gasteiger partial charge is 0.450 e. The first kappa shape index (κ1) is 16.0. The van der Waals surface area contributed by atoms with Crippen LogP contribution in [0.25, 0.3) is 0 Å². The van der Waals surface area contributed by atoms with Gasteiger partial charge in [0.25, 0.3) is 0 Å². The molecule has 6 heteroatoms. The molecule has 1 saturated carbocycles. The number of thiophene rings is 1. The molecule has 1 aromatic rings. The lowest BCUT2D eigenvalue weighted by molar-refractivity contribution is 0.00444. The molecule has 2 atom stereocenters. The second-order valence-corrected chi connectivity index (χ2v) is 6.15. The summed E-state index contributed by atoms with van der Waals surface area (Å²) in [6.45, 7) is 1.04. The summed E-state index contributed by atoms with van der Waals surface area (Å²) in [6, 6.07) is 1.83. The molecule has 1 aromatic heterocycles. The quantitative estimate of drug-likeness (QED) is 0.459. The number of hydrogen-bond donors (Lipinski definition) is 2. The zero-order valence-corrected chi connectivity index (χ0v) is 12.7. The summed E-state index contributed by atoms with van der Waals surface area (Å²) >= 11 is 1.52. The summed E-state index contributed by atoms with van der Waals surface area (Å²) in [6.07, 6.45) is 3.42. The maximum atomic E-state index is 11.8. The van der Waals surface area contributed by atoms with E-state index in [2.05, 4.69) is 5.32 Å². The van der Waals surface area contributed by atoms with Crippen LogP contribution in [0.5, 0.6) is 0 Å². The molecule has 1 fully saturated rings. The van der Waals surface area contributed by atoms with Gasteiger partial charge in [-0.05, 0) is 49.6 Å². The average Bonchev–Trinajstić information content (AvgIpc) is 2.98. The van der Waals surface area contributed by atoms with Gasteiger partial charge in [-0.15, -0.1) is 0 Å². The fourth-order valence-corrected chi connectivity index (χ4v) is 3.46. The van der Waals surface area contributed by atoms with Crippen LogP contribution in [0.2, 0.25) is 0 Å². The molecule has 0 bridgehead atoms. The van der Waals surface area contributed by atoms with Gasteiger partial charge in [0.05, 0.1) is 6.54 Å². The van der Waals surface area contributed by atoms with E-state index in [0.717, 1.165) is 37.7 Å². The fourth-order valence-electron chi connectivity index (χ4n) is 2.80. The molecular weight excluding hydrogens is 290 g/mol. The normalized spacial score (nSPS) is 21.9. The van der Waals surface area contributed by atoms with E-state index in [4.69, 9.17) is 9.84 Å². The van der Waals surface area contributed by atoms with Crippen molar-refractivity contribution in [1.82, 2.24) is 5.32 Å². The Bertz CT molecular complexity index is 460. The Kier molecular flexibility index (Phi) is 6.20. The third-order valence-electron chi connectivity index (χ3n) is 3.91. The van der Waals surface area contributed by atoms with Gasteiger partial charge in [-0.3, -0.25) is 4.79 Å². The zero-order chi connectivity index (χ0) is 15.1. The molecule has 0 aliphatic heterocycles. The summed E-state index contributed by atoms with van der Waals surface area (Å²) < 4.78 is 4.96. The largest absolute Gasteiger partial charge is 0.506 e. The lowest BCUT2D eigenvalue weighted by Crippen LogP contribution is -2.33. The van der Waals surface area contributed by atoms with Gasteiger partial charge in [-0.2, -0.15) is 11.3 Å². The summed E-state index contributed by atoms with van der Waals surface area (Å²) in [4.78, 5) is 22.5. The maximum absolute atomic E-state index is 11.8. The van der Waals surface area contributed by atoms with Gasteiger partial charge in [0, 0.05) is 10.9 Å². The van der Waals surface area contributed by atoms with Gasteiger partial charge in [0.1, 0.15) is 6.10 Å². The Morgan fingerprint density at radius 3 is 2.90 bits per heavy atom. The highest BCUT2D eigenvalue weighted by molar-refractivity contribution is 7.08. The molecule has 0 spiro atoms. The van der Waals surface area contributed by atoms with Crippen LogP contribution >= 0.6 is 11.3 Å². The second kappa shape index (κ2) is 8.14. The number of ether oxygens (including phenoxy) is 1. The highest BCUT2D eigenvalue weighted by atomic mass is 32.1. The first-order valence-corrected chi connectivity index (χ1v) is 8.27. The molecule has 21 heavy (non-hydrogen) atoms. The topological polar surface area (TPSA) is 75.6 Å². The van der Waals surface area contributed by atoms with E-state index in [1.807, 2.05) is 16.8 Å². The van der Waals surface area contributed by atoms with Crippen LogP contribution in [0.3, 0.4) is 0 Å². The highest BCUT2D eigenvalue weighted by Crippen LogP contribution is 2.29. The van der Waals surface area contributed by atoms with Crippen molar-refractivity contribution in [3.63, 3.8) is 0 Å². The molecule has 116 valence electrons. The molecule has 2 rings (SSSR count). The molecule has 1 aliphatic rings. The molecule has 0 amide bonds. The van der Waals surface area contributed by atoms with Crippen molar-refractivity contribution in [2.75, 3.05) is 13.1 Å². The van der Waals surface area contributed by atoms with Gasteiger partial charge in [-0.25, -0.2) is 4.79 Å². The molecular formula is C15H21NO4S. The minimum Gasteiger partial charge on any atom is -0.450 e. The van der Waals surface area contributed by atoms with E-state index < -0.39 is 6.16 Å². The van der Waals surface area contributed by atoms with E-state index in [9.17, 15) is 9.59 Å². The van der Waals surface area contributed by atoms with Crippen molar-refractivity contribution in [3.05, 3.63) is 22.4 Å². The molecule has 0 saturated heterocycles. The number of Topliss-reactive ketones (excluding diaryl/α,β-unsaturated/α-hetero) is 1. The second-order valence-electron chi connectivity index (χ2n) is 5.37. The minimum atomic E-state index is -1.19. The Balaban J connectivity index is 1.69. The van der Waals surface area contributed by atoms with Crippen molar-refractivity contribution < 1.29 is 19.4 Å². The molecule has 0 radical (unpaired) electrons. The minimum absolute atomic E-state index is 0.0956. The highest BCUT2D eigenvalue weighted by Gasteiger charge is 2.27. The van der Waals surface area contributed by atoms with Crippen molar-refractivity contribution in [1.29, 1.82) is 0 Å². The molecule has 2 N–H and O–H groups in total. The summed E-state index contributed by atoms with van der Waals surface area (Å²) in [5, 5.41) is 15.6. The average molecular weight is 311 g/mol. The van der Waals surface area contributed by atoms with Crippen LogP contribution in [-0.4, -0.2) is 36.2 Å². The fraction of sp³-hybridized carbons (Fsp3) is 0.600. The van der Waals surface area contributed by atoms with E-state index in [1.165, 1.54) is 11.3 Å². The van der Waals surface area contributed by atoms with Crippen LogP contribution in [0.4, 0.5) is 4.79 Å². The Hall–Kier alpha value is -1.40. The molecule has 1 aliphatic carbocycles. The van der Waals surface area contributed by atoms with Crippen LogP contribution in [-0.2, 0) is 4.74 Å². The van der Waals surface area contributed by atoms with Crippen LogP contribution in [0, 0.1) is 5.92 Å². The number of nitrogens with one attached hydrogen (secondary N) is 1. The molecule has 0 aromatic carbocycles. The van der Waals surface area contributed by atoms with Crippen molar-refractivity contribution in [2.24, 2.45) is 5.92 Å². The van der Waals surface area contributed by atoms with E-state index in [0.29, 0.717) is 13.1 Å². The number of carboxylic acid groups (broad SMARTS) is 1. The first-order valence-electron chi connectivity index (χ1n) is 7.32.